The average molecular weight is 453 g/mol. The lowest BCUT2D eigenvalue weighted by Crippen LogP contribution is -2.51. The fourth-order valence-electron chi connectivity index (χ4n) is 4.59. The molecule has 1 fully saturated rings. The van der Waals surface area contributed by atoms with Crippen LogP contribution in [0.15, 0.2) is 48.5 Å². The van der Waals surface area contributed by atoms with Gasteiger partial charge in [0.2, 0.25) is 11.8 Å². The Kier molecular flexibility index (Phi) is 9.47. The van der Waals surface area contributed by atoms with E-state index >= 15 is 0 Å². The minimum atomic E-state index is -0.535. The first-order chi connectivity index (χ1) is 16.0. The van der Waals surface area contributed by atoms with E-state index in [2.05, 4.69) is 36.5 Å². The number of carbonyl (C=O) groups excluding carboxylic acids is 2. The number of carbonyl (C=O) groups is 2. The van der Waals surface area contributed by atoms with E-state index in [4.69, 9.17) is 0 Å². The second kappa shape index (κ2) is 12.5. The molecule has 0 spiro atoms. The van der Waals surface area contributed by atoms with Crippen LogP contribution in [0.5, 0.6) is 0 Å². The molecule has 1 aliphatic rings. The topological polar surface area (TPSA) is 49.4 Å². The molecule has 5 heteroatoms. The van der Waals surface area contributed by atoms with Crippen molar-refractivity contribution in [1.29, 1.82) is 0 Å². The lowest BCUT2D eigenvalue weighted by atomic mass is 9.95. The molecule has 3 rings (SSSR count). The molecule has 0 heterocycles. The minimum absolute atomic E-state index is 0.0514. The highest BCUT2D eigenvalue weighted by molar-refractivity contribution is 5.88. The average Bonchev–Trinajstić information content (AvgIpc) is 2.84. The number of rotatable bonds is 10. The lowest BCUT2D eigenvalue weighted by molar-refractivity contribution is -0.141. The molecule has 0 bridgehead atoms. The van der Waals surface area contributed by atoms with Crippen LogP contribution < -0.4 is 5.32 Å². The van der Waals surface area contributed by atoms with Crippen LogP contribution in [-0.4, -0.2) is 28.8 Å². The van der Waals surface area contributed by atoms with Gasteiger partial charge in [-0.1, -0.05) is 69.5 Å². The molecule has 1 saturated carbocycles. The number of benzene rings is 2. The Hall–Kier alpha value is -2.69. The summed E-state index contributed by atoms with van der Waals surface area (Å²) < 4.78 is 13.4. The monoisotopic (exact) mass is 452 g/mol. The lowest BCUT2D eigenvalue weighted by Gasteiger charge is -2.33. The van der Waals surface area contributed by atoms with Crippen molar-refractivity contribution in [3.8, 4) is 0 Å². The third kappa shape index (κ3) is 7.41. The molecular formula is C28H37FN2O2. The van der Waals surface area contributed by atoms with Crippen LogP contribution in [0.2, 0.25) is 0 Å². The fourth-order valence-corrected chi connectivity index (χ4v) is 4.59. The van der Waals surface area contributed by atoms with Gasteiger partial charge in [-0.3, -0.25) is 9.59 Å². The van der Waals surface area contributed by atoms with Gasteiger partial charge in [-0.15, -0.1) is 0 Å². The zero-order chi connectivity index (χ0) is 23.6. The summed E-state index contributed by atoms with van der Waals surface area (Å²) in [6.07, 6.45) is 7.98. The van der Waals surface area contributed by atoms with Gasteiger partial charge in [0.25, 0.3) is 0 Å². The Labute approximate surface area is 197 Å². The molecule has 2 aromatic carbocycles. The number of hydrogen-bond donors (Lipinski definition) is 1. The molecule has 0 saturated heterocycles. The smallest absolute Gasteiger partial charge is 0.243 e. The van der Waals surface area contributed by atoms with E-state index in [-0.39, 0.29) is 23.7 Å². The van der Waals surface area contributed by atoms with E-state index in [9.17, 15) is 14.0 Å². The Bertz CT molecular complexity index is 889. The standard InChI is InChI=1S/C28H37FN2O2/c1-3-21-10-12-22(13-11-21)16-19-27(32)31(20-23-14-17-24(29)18-15-23)26(4-2)28(33)30-25-8-6-5-7-9-25/h10-15,17-18,25-26H,3-9,16,19-20H2,1-2H3,(H,30,33)/t26-/m0/s1. The van der Waals surface area contributed by atoms with Crippen LogP contribution in [-0.2, 0) is 29.0 Å². The molecule has 178 valence electrons. The predicted octanol–water partition coefficient (Wildman–Crippen LogP) is 5.58. The van der Waals surface area contributed by atoms with Gasteiger partial charge in [-0.05, 0) is 60.9 Å². The summed E-state index contributed by atoms with van der Waals surface area (Å²) >= 11 is 0. The van der Waals surface area contributed by atoms with Gasteiger partial charge in [0, 0.05) is 19.0 Å². The highest BCUT2D eigenvalue weighted by atomic mass is 19.1. The molecule has 4 nitrogen and oxygen atoms in total. The summed E-state index contributed by atoms with van der Waals surface area (Å²) in [5.41, 5.74) is 3.20. The van der Waals surface area contributed by atoms with E-state index in [1.54, 1.807) is 17.0 Å². The Morgan fingerprint density at radius 1 is 0.939 bits per heavy atom. The second-order valence-corrected chi connectivity index (χ2v) is 9.09. The molecule has 0 unspecified atom stereocenters. The van der Waals surface area contributed by atoms with E-state index in [1.807, 2.05) is 6.92 Å². The van der Waals surface area contributed by atoms with Crippen LogP contribution in [0.25, 0.3) is 0 Å². The normalized spacial score (nSPS) is 15.1. The van der Waals surface area contributed by atoms with E-state index in [1.165, 1.54) is 24.1 Å². The zero-order valence-electron chi connectivity index (χ0n) is 20.0. The number of halogens is 1. The predicted molar refractivity (Wildman–Crippen MR) is 130 cm³/mol. The van der Waals surface area contributed by atoms with Gasteiger partial charge >= 0.3 is 0 Å². The van der Waals surface area contributed by atoms with E-state index in [0.29, 0.717) is 25.8 Å². The molecule has 0 aliphatic heterocycles. The fraction of sp³-hybridized carbons (Fsp3) is 0.500. The quantitative estimate of drug-likeness (QED) is 0.512. The molecule has 33 heavy (non-hydrogen) atoms. The van der Waals surface area contributed by atoms with Crippen LogP contribution in [0.1, 0.15) is 75.5 Å². The summed E-state index contributed by atoms with van der Waals surface area (Å²) in [5.74, 6) is -0.439. The number of amides is 2. The number of aryl methyl sites for hydroxylation is 2. The van der Waals surface area contributed by atoms with Gasteiger partial charge in [0.05, 0.1) is 0 Å². The molecule has 2 aromatic rings. The van der Waals surface area contributed by atoms with E-state index < -0.39 is 6.04 Å². The van der Waals surface area contributed by atoms with Gasteiger partial charge < -0.3 is 10.2 Å². The van der Waals surface area contributed by atoms with Gasteiger partial charge in [-0.25, -0.2) is 4.39 Å². The van der Waals surface area contributed by atoms with Crippen molar-refractivity contribution >= 4 is 11.8 Å². The second-order valence-electron chi connectivity index (χ2n) is 9.09. The van der Waals surface area contributed by atoms with Gasteiger partial charge in [0.1, 0.15) is 11.9 Å². The third-order valence-electron chi connectivity index (χ3n) is 6.66. The summed E-state index contributed by atoms with van der Waals surface area (Å²) in [5, 5.41) is 3.19. The zero-order valence-corrected chi connectivity index (χ0v) is 20.0. The SMILES string of the molecule is CCc1ccc(CCC(=O)N(Cc2ccc(F)cc2)[C@@H](CC)C(=O)NC2CCCCC2)cc1. The summed E-state index contributed by atoms with van der Waals surface area (Å²) in [6.45, 7) is 4.36. The Morgan fingerprint density at radius 3 is 2.15 bits per heavy atom. The molecule has 1 atom stereocenters. The molecule has 1 N–H and O–H groups in total. The van der Waals surface area contributed by atoms with Crippen LogP contribution in [0.4, 0.5) is 4.39 Å². The highest BCUT2D eigenvalue weighted by Gasteiger charge is 2.30. The first-order valence-electron chi connectivity index (χ1n) is 12.4. The van der Waals surface area contributed by atoms with Crippen molar-refractivity contribution in [2.24, 2.45) is 0 Å². The summed E-state index contributed by atoms with van der Waals surface area (Å²) in [6, 6.07) is 14.2. The van der Waals surface area contributed by atoms with Gasteiger partial charge in [-0.2, -0.15) is 0 Å². The molecule has 0 aromatic heterocycles. The summed E-state index contributed by atoms with van der Waals surface area (Å²) in [4.78, 5) is 28.3. The number of nitrogens with zero attached hydrogens (tertiary/aromatic N) is 1. The van der Waals surface area contributed by atoms with Crippen molar-refractivity contribution in [3.63, 3.8) is 0 Å². The first kappa shape index (κ1) is 24.9. The van der Waals surface area contributed by atoms with Crippen molar-refractivity contribution in [3.05, 3.63) is 71.0 Å². The maximum atomic E-state index is 13.4. The van der Waals surface area contributed by atoms with Gasteiger partial charge in [0.15, 0.2) is 0 Å². The van der Waals surface area contributed by atoms with Crippen molar-refractivity contribution in [2.45, 2.75) is 90.3 Å². The van der Waals surface area contributed by atoms with Crippen LogP contribution in [0, 0.1) is 5.82 Å². The molecule has 0 radical (unpaired) electrons. The maximum Gasteiger partial charge on any atom is 0.243 e. The molecule has 1 aliphatic carbocycles. The number of hydrogen-bond acceptors (Lipinski definition) is 2. The maximum absolute atomic E-state index is 13.4. The number of nitrogens with one attached hydrogen (secondary N) is 1. The first-order valence-corrected chi connectivity index (χ1v) is 12.4. The molecule has 2 amide bonds. The summed E-state index contributed by atoms with van der Waals surface area (Å²) in [7, 11) is 0. The Balaban J connectivity index is 1.73. The van der Waals surface area contributed by atoms with Crippen molar-refractivity contribution in [1.82, 2.24) is 10.2 Å². The van der Waals surface area contributed by atoms with Crippen LogP contribution >= 0.6 is 0 Å². The largest absolute Gasteiger partial charge is 0.352 e. The van der Waals surface area contributed by atoms with E-state index in [0.717, 1.165) is 43.2 Å². The van der Waals surface area contributed by atoms with Crippen molar-refractivity contribution in [2.75, 3.05) is 0 Å². The van der Waals surface area contributed by atoms with Crippen LogP contribution in [0.3, 0.4) is 0 Å². The highest BCUT2D eigenvalue weighted by Crippen LogP contribution is 2.20. The third-order valence-corrected chi connectivity index (χ3v) is 6.66. The van der Waals surface area contributed by atoms with Crippen molar-refractivity contribution < 1.29 is 14.0 Å². The molecular weight excluding hydrogens is 415 g/mol. The Morgan fingerprint density at radius 2 is 1.55 bits per heavy atom. The minimum Gasteiger partial charge on any atom is -0.352 e.